The standard InChI is InChI=1S/C25H21NS/c1-26(2)19-14-11-18(12-15-19)24-21-9-5-6-10-22(21)27-23-16-13-17-7-3-4-8-20(17)25(23)24/h3-16,24H,1-2H3. The highest BCUT2D eigenvalue weighted by Gasteiger charge is 2.29. The first-order chi connectivity index (χ1) is 13.2. The summed E-state index contributed by atoms with van der Waals surface area (Å²) >= 11 is 1.90. The van der Waals surface area contributed by atoms with Gasteiger partial charge in [0.1, 0.15) is 0 Å². The van der Waals surface area contributed by atoms with Crippen molar-refractivity contribution in [3.8, 4) is 0 Å². The van der Waals surface area contributed by atoms with Gasteiger partial charge >= 0.3 is 0 Å². The molecule has 0 aromatic heterocycles. The number of nitrogens with zero attached hydrogens (tertiary/aromatic N) is 1. The Morgan fingerprint density at radius 3 is 2.26 bits per heavy atom. The number of benzene rings is 4. The predicted octanol–water partition coefficient (Wildman–Crippen LogP) is 6.55. The third-order valence-electron chi connectivity index (χ3n) is 5.41. The summed E-state index contributed by atoms with van der Waals surface area (Å²) in [5, 5.41) is 2.67. The van der Waals surface area contributed by atoms with Gasteiger partial charge in [-0.2, -0.15) is 0 Å². The van der Waals surface area contributed by atoms with Gasteiger partial charge in [-0.3, -0.25) is 0 Å². The molecular weight excluding hydrogens is 346 g/mol. The van der Waals surface area contributed by atoms with E-state index in [1.165, 1.54) is 42.9 Å². The Morgan fingerprint density at radius 2 is 1.44 bits per heavy atom. The van der Waals surface area contributed by atoms with Crippen molar-refractivity contribution in [1.29, 1.82) is 0 Å². The van der Waals surface area contributed by atoms with Gasteiger partial charge in [0.2, 0.25) is 0 Å². The fourth-order valence-corrected chi connectivity index (χ4v) is 5.22. The highest BCUT2D eigenvalue weighted by Crippen LogP contribution is 2.50. The van der Waals surface area contributed by atoms with Crippen LogP contribution in [-0.2, 0) is 0 Å². The zero-order valence-electron chi connectivity index (χ0n) is 15.5. The SMILES string of the molecule is CN(C)c1ccc(C2c3ccccc3Sc3ccc4ccccc4c32)cc1. The maximum absolute atomic E-state index is 2.29. The van der Waals surface area contributed by atoms with Gasteiger partial charge in [-0.1, -0.05) is 72.4 Å². The molecule has 0 aliphatic carbocycles. The lowest BCUT2D eigenvalue weighted by molar-refractivity contribution is 0.913. The Labute approximate surface area is 164 Å². The van der Waals surface area contributed by atoms with Gasteiger partial charge in [0.15, 0.2) is 0 Å². The Hall–Kier alpha value is -2.71. The minimum absolute atomic E-state index is 0.264. The number of fused-ring (bicyclic) bond motifs is 4. The van der Waals surface area contributed by atoms with Gasteiger partial charge in [-0.15, -0.1) is 0 Å². The topological polar surface area (TPSA) is 3.24 Å². The van der Waals surface area contributed by atoms with Crippen LogP contribution >= 0.6 is 11.8 Å². The van der Waals surface area contributed by atoms with Crippen molar-refractivity contribution < 1.29 is 0 Å². The molecule has 5 rings (SSSR count). The molecule has 2 heteroatoms. The molecule has 0 saturated carbocycles. The molecule has 1 nitrogen and oxygen atoms in total. The van der Waals surface area contributed by atoms with Crippen LogP contribution in [-0.4, -0.2) is 14.1 Å². The molecule has 0 spiro atoms. The molecule has 1 aliphatic heterocycles. The van der Waals surface area contributed by atoms with Gasteiger partial charge in [-0.25, -0.2) is 0 Å². The van der Waals surface area contributed by atoms with Crippen molar-refractivity contribution in [3.63, 3.8) is 0 Å². The van der Waals surface area contributed by atoms with Gasteiger partial charge in [-0.05, 0) is 51.7 Å². The van der Waals surface area contributed by atoms with Crippen LogP contribution in [0.1, 0.15) is 22.6 Å². The van der Waals surface area contributed by atoms with Crippen LogP contribution in [0.2, 0.25) is 0 Å². The summed E-state index contributed by atoms with van der Waals surface area (Å²) in [4.78, 5) is 4.88. The number of hydrogen-bond donors (Lipinski definition) is 0. The zero-order valence-corrected chi connectivity index (χ0v) is 16.3. The van der Waals surface area contributed by atoms with Gasteiger partial charge in [0.05, 0.1) is 0 Å². The van der Waals surface area contributed by atoms with E-state index in [0.717, 1.165) is 0 Å². The first-order valence-electron chi connectivity index (χ1n) is 9.28. The van der Waals surface area contributed by atoms with E-state index in [1.54, 1.807) is 0 Å². The first kappa shape index (κ1) is 16.5. The molecule has 0 radical (unpaired) electrons. The van der Waals surface area contributed by atoms with Crippen LogP contribution in [0.5, 0.6) is 0 Å². The lowest BCUT2D eigenvalue weighted by Crippen LogP contribution is -2.12. The van der Waals surface area contributed by atoms with E-state index < -0.39 is 0 Å². The van der Waals surface area contributed by atoms with Crippen molar-refractivity contribution in [2.75, 3.05) is 19.0 Å². The summed E-state index contributed by atoms with van der Waals surface area (Å²) < 4.78 is 0. The van der Waals surface area contributed by atoms with Crippen molar-refractivity contribution in [2.24, 2.45) is 0 Å². The summed E-state index contributed by atoms with van der Waals surface area (Å²) in [6, 6.07) is 31.2. The molecule has 4 aromatic carbocycles. The van der Waals surface area contributed by atoms with Crippen LogP contribution in [0.3, 0.4) is 0 Å². The second-order valence-corrected chi connectivity index (χ2v) is 8.34. The molecule has 0 N–H and O–H groups in total. The van der Waals surface area contributed by atoms with Crippen molar-refractivity contribution in [1.82, 2.24) is 0 Å². The maximum Gasteiger partial charge on any atom is 0.0368 e. The third kappa shape index (κ3) is 2.72. The predicted molar refractivity (Wildman–Crippen MR) is 116 cm³/mol. The minimum Gasteiger partial charge on any atom is -0.378 e. The fraction of sp³-hybridized carbons (Fsp3) is 0.120. The van der Waals surface area contributed by atoms with Crippen LogP contribution in [0.4, 0.5) is 5.69 Å². The largest absolute Gasteiger partial charge is 0.378 e. The smallest absolute Gasteiger partial charge is 0.0368 e. The van der Waals surface area contributed by atoms with E-state index in [4.69, 9.17) is 0 Å². The molecule has 1 atom stereocenters. The molecule has 27 heavy (non-hydrogen) atoms. The normalized spacial score (nSPS) is 15.3. The molecule has 0 saturated heterocycles. The van der Waals surface area contributed by atoms with E-state index in [9.17, 15) is 0 Å². The quantitative estimate of drug-likeness (QED) is 0.348. The molecule has 1 heterocycles. The van der Waals surface area contributed by atoms with Crippen molar-refractivity contribution in [3.05, 3.63) is 102 Å². The highest BCUT2D eigenvalue weighted by atomic mass is 32.2. The summed E-state index contributed by atoms with van der Waals surface area (Å²) in [5.41, 5.74) is 5.43. The summed E-state index contributed by atoms with van der Waals surface area (Å²) in [6.07, 6.45) is 0. The van der Waals surface area contributed by atoms with E-state index in [1.807, 2.05) is 11.8 Å². The number of hydrogen-bond acceptors (Lipinski definition) is 2. The molecule has 132 valence electrons. The lowest BCUT2D eigenvalue weighted by atomic mass is 9.82. The molecule has 1 unspecified atom stereocenters. The molecule has 0 fully saturated rings. The van der Waals surface area contributed by atoms with Gasteiger partial charge < -0.3 is 4.90 Å². The Bertz CT molecular complexity index is 1130. The monoisotopic (exact) mass is 367 g/mol. The Morgan fingerprint density at radius 1 is 0.704 bits per heavy atom. The second kappa shape index (κ2) is 6.47. The maximum atomic E-state index is 2.29. The number of anilines is 1. The van der Waals surface area contributed by atoms with E-state index in [-0.39, 0.29) is 5.92 Å². The third-order valence-corrected chi connectivity index (χ3v) is 6.58. The number of rotatable bonds is 2. The van der Waals surface area contributed by atoms with E-state index >= 15 is 0 Å². The van der Waals surface area contributed by atoms with Crippen LogP contribution in [0.15, 0.2) is 94.7 Å². The van der Waals surface area contributed by atoms with E-state index in [2.05, 4.69) is 104 Å². The average molecular weight is 368 g/mol. The molecule has 1 aliphatic rings. The molecule has 4 aromatic rings. The summed E-state index contributed by atoms with van der Waals surface area (Å²) in [6.45, 7) is 0. The van der Waals surface area contributed by atoms with Crippen LogP contribution in [0, 0.1) is 0 Å². The molecule has 0 amide bonds. The zero-order chi connectivity index (χ0) is 18.4. The highest BCUT2D eigenvalue weighted by molar-refractivity contribution is 7.99. The average Bonchev–Trinajstić information content (AvgIpc) is 2.72. The minimum atomic E-state index is 0.264. The Kier molecular flexibility index (Phi) is 3.95. The lowest BCUT2D eigenvalue weighted by Gasteiger charge is -2.30. The van der Waals surface area contributed by atoms with Crippen LogP contribution in [0.25, 0.3) is 10.8 Å². The summed E-state index contributed by atoms with van der Waals surface area (Å²) in [5.74, 6) is 0.264. The van der Waals surface area contributed by atoms with E-state index in [0.29, 0.717) is 0 Å². The van der Waals surface area contributed by atoms with Crippen LogP contribution < -0.4 is 4.90 Å². The summed E-state index contributed by atoms with van der Waals surface area (Å²) in [7, 11) is 4.18. The first-order valence-corrected chi connectivity index (χ1v) is 10.1. The molecule has 0 bridgehead atoms. The van der Waals surface area contributed by atoms with Crippen molar-refractivity contribution >= 4 is 28.2 Å². The van der Waals surface area contributed by atoms with Gasteiger partial charge in [0.25, 0.3) is 0 Å². The fourth-order valence-electron chi connectivity index (χ4n) is 4.06. The second-order valence-electron chi connectivity index (χ2n) is 7.26. The van der Waals surface area contributed by atoms with Gasteiger partial charge in [0, 0.05) is 35.5 Å². The van der Waals surface area contributed by atoms with Crippen molar-refractivity contribution in [2.45, 2.75) is 15.7 Å². The Balaban J connectivity index is 1.78. The molecular formula is C25H21NS.